The summed E-state index contributed by atoms with van der Waals surface area (Å²) in [5.41, 5.74) is -1.49. The second-order valence-electron chi connectivity index (χ2n) is 2.47. The van der Waals surface area contributed by atoms with Gasteiger partial charge in [-0.3, -0.25) is 0 Å². The van der Waals surface area contributed by atoms with Crippen molar-refractivity contribution < 1.29 is 4.52 Å². The van der Waals surface area contributed by atoms with Crippen LogP contribution in [-0.4, -0.2) is 19.0 Å². The maximum Gasteiger partial charge on any atom is 0.119 e. The lowest BCUT2D eigenvalue weighted by Gasteiger charge is -2.26. The van der Waals surface area contributed by atoms with Crippen molar-refractivity contribution in [2.24, 2.45) is 5.92 Å². The second kappa shape index (κ2) is 3.96. The zero-order valence-electron chi connectivity index (χ0n) is 6.45. The molecule has 4 heteroatoms. The lowest BCUT2D eigenvalue weighted by Crippen LogP contribution is -2.09. The third-order valence-electron chi connectivity index (χ3n) is 1.74. The smallest absolute Gasteiger partial charge is 0.119 e. The fourth-order valence-corrected chi connectivity index (χ4v) is 5.76. The summed E-state index contributed by atoms with van der Waals surface area (Å²) >= 11 is 7.10. The van der Waals surface area contributed by atoms with Crippen molar-refractivity contribution in [3.63, 3.8) is 0 Å². The van der Waals surface area contributed by atoms with Crippen LogP contribution in [-0.2, 0) is 16.3 Å². The first-order chi connectivity index (χ1) is 5.20. The Hall–Kier alpha value is 0.520. The van der Waals surface area contributed by atoms with E-state index in [-0.39, 0.29) is 0 Å². The summed E-state index contributed by atoms with van der Waals surface area (Å²) in [7, 11) is 1.71. The van der Waals surface area contributed by atoms with E-state index in [4.69, 9.17) is 22.8 Å². The van der Waals surface area contributed by atoms with E-state index in [2.05, 4.69) is 5.92 Å². The fourth-order valence-electron chi connectivity index (χ4n) is 0.941. The van der Waals surface area contributed by atoms with E-state index in [1.165, 1.54) is 0 Å². The van der Waals surface area contributed by atoms with E-state index in [9.17, 15) is 0 Å². The van der Waals surface area contributed by atoms with Crippen molar-refractivity contribution in [2.45, 2.75) is 6.42 Å². The van der Waals surface area contributed by atoms with E-state index in [0.717, 1.165) is 18.3 Å². The van der Waals surface area contributed by atoms with Gasteiger partial charge in [-0.05, 0) is 6.42 Å². The van der Waals surface area contributed by atoms with E-state index >= 15 is 0 Å². The second-order valence-corrected chi connectivity index (χ2v) is 10.1. The van der Waals surface area contributed by atoms with Crippen LogP contribution in [0.15, 0.2) is 0 Å². The van der Waals surface area contributed by atoms with E-state index in [0.29, 0.717) is 5.92 Å². The van der Waals surface area contributed by atoms with Crippen LogP contribution in [0.25, 0.3) is 0 Å². The quantitative estimate of drug-likeness (QED) is 0.481. The molecule has 1 rings (SSSR count). The van der Waals surface area contributed by atoms with Gasteiger partial charge in [0, 0.05) is 24.9 Å². The first-order valence-electron chi connectivity index (χ1n) is 3.45. The maximum atomic E-state index is 5.34. The molecule has 1 fully saturated rings. The topological polar surface area (TPSA) is 9.23 Å². The highest BCUT2D eigenvalue weighted by atomic mass is 32.9. The SMILES string of the molecule is C#CC1CCP(=S)(OC)SC1. The monoisotopic (exact) mass is 206 g/mol. The van der Waals surface area contributed by atoms with Crippen molar-refractivity contribution in [2.75, 3.05) is 19.0 Å². The number of terminal acetylenes is 1. The minimum Gasteiger partial charge on any atom is -0.345 e. The Morgan fingerprint density at radius 1 is 1.82 bits per heavy atom. The van der Waals surface area contributed by atoms with Gasteiger partial charge in [0.1, 0.15) is 5.47 Å². The molecular formula is C7H11OPS2. The summed E-state index contributed by atoms with van der Waals surface area (Å²) in [6.07, 6.45) is 7.36. The summed E-state index contributed by atoms with van der Waals surface area (Å²) < 4.78 is 5.29. The van der Waals surface area contributed by atoms with Crippen LogP contribution in [0.2, 0.25) is 0 Å². The molecule has 0 aromatic heterocycles. The van der Waals surface area contributed by atoms with Crippen molar-refractivity contribution in [3.05, 3.63) is 0 Å². The average molecular weight is 206 g/mol. The van der Waals surface area contributed by atoms with Crippen LogP contribution in [0, 0.1) is 18.3 Å². The Labute approximate surface area is 77.1 Å². The molecule has 1 aliphatic heterocycles. The van der Waals surface area contributed by atoms with Gasteiger partial charge in [0.2, 0.25) is 0 Å². The molecule has 0 saturated carbocycles. The Morgan fingerprint density at radius 2 is 2.55 bits per heavy atom. The van der Waals surface area contributed by atoms with Gasteiger partial charge in [-0.15, -0.1) is 12.3 Å². The number of hydrogen-bond acceptors (Lipinski definition) is 3. The standard InChI is InChI=1S/C7H11OPS2/c1-3-7-4-5-9(10,8-2)11-6-7/h1,7H,4-6H2,2H3. The Balaban J connectivity index is 2.49. The third kappa shape index (κ3) is 2.49. The predicted molar refractivity (Wildman–Crippen MR) is 55.6 cm³/mol. The summed E-state index contributed by atoms with van der Waals surface area (Å²) in [5.74, 6) is 4.17. The van der Waals surface area contributed by atoms with Gasteiger partial charge >= 0.3 is 0 Å². The van der Waals surface area contributed by atoms with Crippen LogP contribution in [0.4, 0.5) is 0 Å². The largest absolute Gasteiger partial charge is 0.345 e. The molecule has 0 amide bonds. The molecule has 0 aliphatic carbocycles. The predicted octanol–water partition coefficient (Wildman–Crippen LogP) is 2.33. The molecule has 1 nitrogen and oxygen atoms in total. The lowest BCUT2D eigenvalue weighted by molar-refractivity contribution is 0.466. The molecule has 11 heavy (non-hydrogen) atoms. The molecule has 0 spiro atoms. The molecule has 62 valence electrons. The fraction of sp³-hybridized carbons (Fsp3) is 0.714. The van der Waals surface area contributed by atoms with Gasteiger partial charge in [-0.25, -0.2) is 0 Å². The van der Waals surface area contributed by atoms with Crippen LogP contribution in [0.1, 0.15) is 6.42 Å². The summed E-state index contributed by atoms with van der Waals surface area (Å²) in [5, 5.41) is 0. The molecule has 1 saturated heterocycles. The minimum absolute atomic E-state index is 0.422. The Bertz CT molecular complexity index is 209. The van der Waals surface area contributed by atoms with Crippen molar-refractivity contribution in [1.82, 2.24) is 0 Å². The first-order valence-corrected chi connectivity index (χ1v) is 7.95. The molecule has 0 aromatic rings. The Morgan fingerprint density at radius 3 is 2.91 bits per heavy atom. The number of hydrogen-bond donors (Lipinski definition) is 0. The van der Waals surface area contributed by atoms with Gasteiger partial charge in [0.25, 0.3) is 0 Å². The average Bonchev–Trinajstić information content (AvgIpc) is 2.06. The highest BCUT2D eigenvalue weighted by Crippen LogP contribution is 2.63. The van der Waals surface area contributed by atoms with Crippen molar-refractivity contribution in [3.8, 4) is 12.3 Å². The molecule has 2 unspecified atom stereocenters. The molecule has 1 aliphatic rings. The third-order valence-corrected chi connectivity index (χ3v) is 8.61. The normalized spacial score (nSPS) is 38.0. The van der Waals surface area contributed by atoms with Gasteiger partial charge < -0.3 is 4.52 Å². The molecule has 0 radical (unpaired) electrons. The van der Waals surface area contributed by atoms with E-state index < -0.39 is 5.47 Å². The highest BCUT2D eigenvalue weighted by Gasteiger charge is 2.25. The van der Waals surface area contributed by atoms with E-state index in [1.807, 2.05) is 0 Å². The molecule has 1 heterocycles. The molecule has 0 N–H and O–H groups in total. The molecule has 0 aromatic carbocycles. The molecule has 0 bridgehead atoms. The summed E-state index contributed by atoms with van der Waals surface area (Å²) in [6.45, 7) is 0. The van der Waals surface area contributed by atoms with Gasteiger partial charge in [-0.2, -0.15) is 0 Å². The minimum atomic E-state index is -1.49. The first kappa shape index (κ1) is 9.61. The van der Waals surface area contributed by atoms with Crippen LogP contribution >= 0.6 is 16.8 Å². The van der Waals surface area contributed by atoms with Crippen LogP contribution in [0.5, 0.6) is 0 Å². The highest BCUT2D eigenvalue weighted by molar-refractivity contribution is 8.69. The van der Waals surface area contributed by atoms with Crippen molar-refractivity contribution in [1.29, 1.82) is 0 Å². The Kier molecular flexibility index (Phi) is 3.46. The van der Waals surface area contributed by atoms with Gasteiger partial charge in [-0.1, -0.05) is 23.2 Å². The van der Waals surface area contributed by atoms with Gasteiger partial charge in [0.15, 0.2) is 0 Å². The zero-order valence-corrected chi connectivity index (χ0v) is 8.98. The zero-order chi connectivity index (χ0) is 8.32. The van der Waals surface area contributed by atoms with Crippen LogP contribution < -0.4 is 0 Å². The summed E-state index contributed by atoms with van der Waals surface area (Å²) in [4.78, 5) is 0. The lowest BCUT2D eigenvalue weighted by atomic mass is 10.1. The summed E-state index contributed by atoms with van der Waals surface area (Å²) in [6, 6.07) is 0. The van der Waals surface area contributed by atoms with E-state index in [1.54, 1.807) is 18.5 Å². The molecule has 2 atom stereocenters. The van der Waals surface area contributed by atoms with Crippen LogP contribution in [0.3, 0.4) is 0 Å². The van der Waals surface area contributed by atoms with Crippen molar-refractivity contribution >= 4 is 28.7 Å². The maximum absolute atomic E-state index is 5.34. The van der Waals surface area contributed by atoms with Gasteiger partial charge in [0.05, 0.1) is 0 Å². The number of rotatable bonds is 1. The molecular weight excluding hydrogens is 195 g/mol.